The second kappa shape index (κ2) is 9.69. The van der Waals surface area contributed by atoms with Gasteiger partial charge in [0.25, 0.3) is 11.7 Å². The molecule has 37 heavy (non-hydrogen) atoms. The number of aliphatic hydroxyl groups excluding tert-OH is 1. The molecule has 5 rings (SSSR count). The van der Waals surface area contributed by atoms with E-state index in [2.05, 4.69) is 0 Å². The lowest BCUT2D eigenvalue weighted by Crippen LogP contribution is -2.29. The van der Waals surface area contributed by atoms with Crippen molar-refractivity contribution in [3.63, 3.8) is 0 Å². The van der Waals surface area contributed by atoms with Crippen LogP contribution in [0.3, 0.4) is 0 Å². The molecule has 1 amide bonds. The smallest absolute Gasteiger partial charge is 0.338 e. The number of ketones is 1. The maximum absolute atomic E-state index is 13.4. The summed E-state index contributed by atoms with van der Waals surface area (Å²) in [6.45, 7) is 2.60. The largest absolute Gasteiger partial charge is 0.508 e. The van der Waals surface area contributed by atoms with E-state index in [0.29, 0.717) is 30.3 Å². The van der Waals surface area contributed by atoms with Gasteiger partial charge in [0.2, 0.25) is 0 Å². The number of hydrogen-bond donors (Lipinski definition) is 2. The molecule has 3 aromatic rings. The predicted molar refractivity (Wildman–Crippen MR) is 133 cm³/mol. The van der Waals surface area contributed by atoms with Gasteiger partial charge in [0.05, 0.1) is 23.8 Å². The minimum Gasteiger partial charge on any atom is -0.508 e. The number of amides is 1. The van der Waals surface area contributed by atoms with Crippen molar-refractivity contribution in [3.8, 4) is 17.2 Å². The Kier molecular flexibility index (Phi) is 6.27. The van der Waals surface area contributed by atoms with Crippen LogP contribution in [0, 0.1) is 0 Å². The van der Waals surface area contributed by atoms with Gasteiger partial charge in [-0.1, -0.05) is 18.2 Å². The number of carbonyl (C=O) groups is 3. The van der Waals surface area contributed by atoms with Gasteiger partial charge in [-0.15, -0.1) is 0 Å². The standard InChI is InChI=1S/C28H23NO8/c1-2-35-28(34)18-4-3-5-19(14-18)29-24(16-6-9-20(30)10-7-16)23(26(32)27(29)33)25(31)17-8-11-21-22(15-17)37-13-12-36-21/h3-11,14-15,24,30-31H,2,12-13H2,1H3/b25-23-. The van der Waals surface area contributed by atoms with E-state index in [1.54, 1.807) is 55.5 Å². The van der Waals surface area contributed by atoms with Crippen molar-refractivity contribution in [1.29, 1.82) is 0 Å². The molecule has 9 nitrogen and oxygen atoms in total. The van der Waals surface area contributed by atoms with Crippen LogP contribution in [0.1, 0.15) is 34.5 Å². The van der Waals surface area contributed by atoms with Crippen LogP contribution in [-0.4, -0.2) is 47.7 Å². The summed E-state index contributed by atoms with van der Waals surface area (Å²) in [6, 6.07) is 15.9. The number of rotatable bonds is 5. The monoisotopic (exact) mass is 501 g/mol. The van der Waals surface area contributed by atoms with E-state index in [4.69, 9.17) is 14.2 Å². The molecule has 0 saturated carbocycles. The Labute approximate surface area is 212 Å². The molecule has 1 atom stereocenters. The highest BCUT2D eigenvalue weighted by molar-refractivity contribution is 6.51. The molecular formula is C28H23NO8. The number of Topliss-reactive ketones (excluding diaryl/α,β-unsaturated/α-hetero) is 1. The Morgan fingerprint density at radius 3 is 2.43 bits per heavy atom. The van der Waals surface area contributed by atoms with Crippen molar-refractivity contribution in [2.75, 3.05) is 24.7 Å². The van der Waals surface area contributed by atoms with Crippen LogP contribution in [0.4, 0.5) is 5.69 Å². The summed E-state index contributed by atoms with van der Waals surface area (Å²) in [6.07, 6.45) is 0. The van der Waals surface area contributed by atoms with Gasteiger partial charge in [0.15, 0.2) is 11.5 Å². The zero-order chi connectivity index (χ0) is 26.1. The van der Waals surface area contributed by atoms with Crippen LogP contribution < -0.4 is 14.4 Å². The zero-order valence-electron chi connectivity index (χ0n) is 19.8. The molecule has 2 heterocycles. The van der Waals surface area contributed by atoms with Crippen LogP contribution in [-0.2, 0) is 14.3 Å². The molecule has 0 aliphatic carbocycles. The van der Waals surface area contributed by atoms with Crippen molar-refractivity contribution < 1.29 is 38.8 Å². The van der Waals surface area contributed by atoms with Crippen molar-refractivity contribution in [1.82, 2.24) is 0 Å². The maximum Gasteiger partial charge on any atom is 0.338 e. The van der Waals surface area contributed by atoms with Gasteiger partial charge in [-0.2, -0.15) is 0 Å². The number of ether oxygens (including phenoxy) is 3. The summed E-state index contributed by atoms with van der Waals surface area (Å²) in [4.78, 5) is 40.3. The summed E-state index contributed by atoms with van der Waals surface area (Å²) in [5.41, 5.74) is 1.07. The number of benzene rings is 3. The molecule has 0 aromatic heterocycles. The number of phenolic OH excluding ortho intramolecular Hbond substituents is 1. The lowest BCUT2D eigenvalue weighted by molar-refractivity contribution is -0.132. The molecule has 1 saturated heterocycles. The summed E-state index contributed by atoms with van der Waals surface area (Å²) in [5.74, 6) is -1.82. The second-order valence-electron chi connectivity index (χ2n) is 8.39. The van der Waals surface area contributed by atoms with Gasteiger partial charge in [0.1, 0.15) is 24.7 Å². The first-order valence-electron chi connectivity index (χ1n) is 11.7. The van der Waals surface area contributed by atoms with Gasteiger partial charge < -0.3 is 24.4 Å². The van der Waals surface area contributed by atoms with E-state index in [1.807, 2.05) is 0 Å². The highest BCUT2D eigenvalue weighted by Gasteiger charge is 2.47. The van der Waals surface area contributed by atoms with Crippen molar-refractivity contribution in [3.05, 3.63) is 89.0 Å². The number of anilines is 1. The van der Waals surface area contributed by atoms with Gasteiger partial charge in [0, 0.05) is 11.3 Å². The fourth-order valence-electron chi connectivity index (χ4n) is 4.41. The Hall–Kier alpha value is -4.79. The predicted octanol–water partition coefficient (Wildman–Crippen LogP) is 3.97. The first-order valence-corrected chi connectivity index (χ1v) is 11.7. The average molecular weight is 501 g/mol. The second-order valence-corrected chi connectivity index (χ2v) is 8.39. The van der Waals surface area contributed by atoms with E-state index in [-0.39, 0.29) is 34.7 Å². The number of aliphatic hydroxyl groups is 1. The molecular weight excluding hydrogens is 478 g/mol. The minimum absolute atomic E-state index is 0.00292. The highest BCUT2D eigenvalue weighted by atomic mass is 16.6. The number of hydrogen-bond acceptors (Lipinski definition) is 8. The van der Waals surface area contributed by atoms with Gasteiger partial charge in [-0.25, -0.2) is 4.79 Å². The minimum atomic E-state index is -1.04. The lowest BCUT2D eigenvalue weighted by atomic mass is 9.95. The molecule has 9 heteroatoms. The molecule has 2 aliphatic rings. The fraction of sp³-hybridized carbons (Fsp3) is 0.179. The average Bonchev–Trinajstić information content (AvgIpc) is 3.18. The van der Waals surface area contributed by atoms with E-state index in [1.165, 1.54) is 23.1 Å². The highest BCUT2D eigenvalue weighted by Crippen LogP contribution is 2.43. The van der Waals surface area contributed by atoms with Crippen molar-refractivity contribution >= 4 is 29.1 Å². The van der Waals surface area contributed by atoms with Crippen molar-refractivity contribution in [2.24, 2.45) is 0 Å². The Morgan fingerprint density at radius 1 is 0.973 bits per heavy atom. The van der Waals surface area contributed by atoms with E-state index in [0.717, 1.165) is 0 Å². The summed E-state index contributed by atoms with van der Waals surface area (Å²) < 4.78 is 16.2. The number of esters is 1. The normalized spacial score (nSPS) is 18.1. The molecule has 188 valence electrons. The quantitative estimate of drug-likeness (QED) is 0.233. The molecule has 2 aliphatic heterocycles. The number of phenols is 1. The SMILES string of the molecule is CCOC(=O)c1cccc(N2C(=O)C(=O)/C(=C(\O)c3ccc4c(c3)OCCO4)C2c2ccc(O)cc2)c1. The number of fused-ring (bicyclic) bond motifs is 1. The van der Waals surface area contributed by atoms with Crippen molar-refractivity contribution in [2.45, 2.75) is 13.0 Å². The van der Waals surface area contributed by atoms with Crippen LogP contribution in [0.5, 0.6) is 17.2 Å². The van der Waals surface area contributed by atoms with Gasteiger partial charge >= 0.3 is 5.97 Å². The number of nitrogens with zero attached hydrogens (tertiary/aromatic N) is 1. The summed E-state index contributed by atoms with van der Waals surface area (Å²) in [5, 5.41) is 21.1. The third-order valence-electron chi connectivity index (χ3n) is 6.10. The molecule has 2 N–H and O–H groups in total. The van der Waals surface area contributed by atoms with Gasteiger partial charge in [-0.05, 0) is 61.0 Å². The molecule has 3 aromatic carbocycles. The lowest BCUT2D eigenvalue weighted by Gasteiger charge is -2.26. The summed E-state index contributed by atoms with van der Waals surface area (Å²) >= 11 is 0. The molecule has 0 bridgehead atoms. The number of carbonyl (C=O) groups excluding carboxylic acids is 3. The molecule has 1 fully saturated rings. The molecule has 0 spiro atoms. The number of aromatic hydroxyl groups is 1. The molecule has 1 unspecified atom stereocenters. The van der Waals surface area contributed by atoms with Crippen LogP contribution in [0.25, 0.3) is 5.76 Å². The Balaban J connectivity index is 1.66. The Bertz CT molecular complexity index is 1430. The summed E-state index contributed by atoms with van der Waals surface area (Å²) in [7, 11) is 0. The Morgan fingerprint density at radius 2 is 1.70 bits per heavy atom. The zero-order valence-corrected chi connectivity index (χ0v) is 19.8. The van der Waals surface area contributed by atoms with Crippen LogP contribution in [0.15, 0.2) is 72.3 Å². The van der Waals surface area contributed by atoms with Crippen LogP contribution >= 0.6 is 0 Å². The van der Waals surface area contributed by atoms with Gasteiger partial charge in [-0.3, -0.25) is 14.5 Å². The van der Waals surface area contributed by atoms with Crippen LogP contribution in [0.2, 0.25) is 0 Å². The van der Waals surface area contributed by atoms with E-state index in [9.17, 15) is 24.6 Å². The maximum atomic E-state index is 13.4. The van der Waals surface area contributed by atoms with E-state index >= 15 is 0 Å². The first-order chi connectivity index (χ1) is 17.9. The third-order valence-corrected chi connectivity index (χ3v) is 6.10. The first kappa shape index (κ1) is 23.9. The molecule has 0 radical (unpaired) electrons. The fourth-order valence-corrected chi connectivity index (χ4v) is 4.41. The topological polar surface area (TPSA) is 123 Å². The van der Waals surface area contributed by atoms with E-state index < -0.39 is 29.5 Å². The third kappa shape index (κ3) is 4.35.